The van der Waals surface area contributed by atoms with E-state index in [1.165, 1.54) is 48.9 Å². The zero-order valence-electron chi connectivity index (χ0n) is 22.7. The van der Waals surface area contributed by atoms with Crippen molar-refractivity contribution in [3.8, 4) is 5.75 Å². The fourth-order valence-electron chi connectivity index (χ4n) is 6.08. The molecule has 1 aliphatic carbocycles. The minimum atomic E-state index is 0. The number of halogens is 2. The molecule has 4 nitrogen and oxygen atoms in total. The van der Waals surface area contributed by atoms with Crippen molar-refractivity contribution in [2.75, 3.05) is 37.7 Å². The van der Waals surface area contributed by atoms with Crippen LogP contribution in [-0.2, 0) is 0 Å². The molecular weight excluding hydrogens is 527 g/mol. The number of anilines is 1. The highest BCUT2D eigenvalue weighted by atomic mass is 35.5. The molecule has 39 heavy (non-hydrogen) atoms. The van der Waals surface area contributed by atoms with Gasteiger partial charge in [0.2, 0.25) is 0 Å². The van der Waals surface area contributed by atoms with E-state index < -0.39 is 0 Å². The molecule has 0 aromatic heterocycles. The van der Waals surface area contributed by atoms with E-state index in [4.69, 9.17) is 0 Å². The smallest absolute Gasteiger partial charge is 0.115 e. The second-order valence-corrected chi connectivity index (χ2v) is 10.5. The van der Waals surface area contributed by atoms with E-state index in [9.17, 15) is 10.2 Å². The van der Waals surface area contributed by atoms with Crippen molar-refractivity contribution in [1.82, 2.24) is 4.90 Å². The number of aliphatic hydroxyl groups is 1. The van der Waals surface area contributed by atoms with Crippen molar-refractivity contribution in [1.29, 1.82) is 0 Å². The zero-order valence-corrected chi connectivity index (χ0v) is 24.3. The summed E-state index contributed by atoms with van der Waals surface area (Å²) in [5.41, 5.74) is 7.06. The Kier molecular flexibility index (Phi) is 12.2. The third-order valence-corrected chi connectivity index (χ3v) is 8.09. The fraction of sp³-hybridized carbons (Fsp3) is 0.394. The SMILES string of the molecule is Cl.Cl.OCCC/C(=C(\c1ccc(O)cc1)c1ccc(N2CCN(C3CCCCC3)CC2)cc1)c1ccccc1. The van der Waals surface area contributed by atoms with Gasteiger partial charge in [0, 0.05) is 44.5 Å². The largest absolute Gasteiger partial charge is 0.508 e. The maximum atomic E-state index is 9.93. The molecule has 0 atom stereocenters. The summed E-state index contributed by atoms with van der Waals surface area (Å²) in [6.45, 7) is 4.64. The van der Waals surface area contributed by atoms with Gasteiger partial charge < -0.3 is 15.1 Å². The fourth-order valence-corrected chi connectivity index (χ4v) is 6.08. The van der Waals surface area contributed by atoms with Crippen LogP contribution in [0, 0.1) is 0 Å². The molecule has 3 aromatic rings. The number of aliphatic hydroxyl groups excluding tert-OH is 1. The number of nitrogens with zero attached hydrogens (tertiary/aromatic N) is 2. The summed E-state index contributed by atoms with van der Waals surface area (Å²) in [5.74, 6) is 0.266. The van der Waals surface area contributed by atoms with Crippen LogP contribution in [0.25, 0.3) is 11.1 Å². The van der Waals surface area contributed by atoms with Gasteiger partial charge in [0.15, 0.2) is 0 Å². The number of phenolic OH excluding ortho intramolecular Hbond substituents is 1. The predicted octanol–water partition coefficient (Wildman–Crippen LogP) is 7.42. The first-order chi connectivity index (χ1) is 18.2. The molecule has 5 rings (SSSR count). The number of hydrogen-bond donors (Lipinski definition) is 2. The Morgan fingerprint density at radius 3 is 1.87 bits per heavy atom. The molecule has 1 saturated carbocycles. The van der Waals surface area contributed by atoms with Crippen molar-refractivity contribution < 1.29 is 10.2 Å². The van der Waals surface area contributed by atoms with E-state index in [0.29, 0.717) is 6.42 Å². The van der Waals surface area contributed by atoms with Gasteiger partial charge in [-0.05, 0) is 77.8 Å². The molecule has 0 spiro atoms. The molecule has 1 heterocycles. The lowest BCUT2D eigenvalue weighted by molar-refractivity contribution is 0.148. The van der Waals surface area contributed by atoms with Crippen LogP contribution >= 0.6 is 24.8 Å². The Labute approximate surface area is 246 Å². The average Bonchev–Trinajstić information content (AvgIpc) is 2.97. The van der Waals surface area contributed by atoms with Crippen molar-refractivity contribution in [2.24, 2.45) is 0 Å². The number of aromatic hydroxyl groups is 1. The summed E-state index contributed by atoms with van der Waals surface area (Å²) in [6.07, 6.45) is 8.44. The Morgan fingerprint density at radius 1 is 0.692 bits per heavy atom. The van der Waals surface area contributed by atoms with Crippen LogP contribution in [0.1, 0.15) is 61.6 Å². The highest BCUT2D eigenvalue weighted by molar-refractivity contribution is 5.98. The highest BCUT2D eigenvalue weighted by Crippen LogP contribution is 2.36. The molecule has 0 unspecified atom stereocenters. The molecule has 210 valence electrons. The van der Waals surface area contributed by atoms with E-state index in [1.807, 2.05) is 18.2 Å². The van der Waals surface area contributed by atoms with Crippen LogP contribution in [0.2, 0.25) is 0 Å². The molecule has 2 N–H and O–H groups in total. The third-order valence-electron chi connectivity index (χ3n) is 8.09. The molecule has 0 bridgehead atoms. The summed E-state index contributed by atoms with van der Waals surface area (Å²) in [6, 6.07) is 27.8. The van der Waals surface area contributed by atoms with Gasteiger partial charge >= 0.3 is 0 Å². The van der Waals surface area contributed by atoms with Crippen molar-refractivity contribution in [3.05, 3.63) is 95.6 Å². The van der Waals surface area contributed by atoms with Crippen LogP contribution in [0.5, 0.6) is 5.75 Å². The van der Waals surface area contributed by atoms with E-state index in [2.05, 4.69) is 58.3 Å². The lowest BCUT2D eigenvalue weighted by atomic mass is 9.87. The Balaban J connectivity index is 0.00000210. The normalized spacial score (nSPS) is 17.1. The predicted molar refractivity (Wildman–Crippen MR) is 168 cm³/mol. The second kappa shape index (κ2) is 15.3. The maximum Gasteiger partial charge on any atom is 0.115 e. The zero-order chi connectivity index (χ0) is 25.5. The molecule has 1 aliphatic heterocycles. The molecule has 0 radical (unpaired) electrons. The van der Waals surface area contributed by atoms with Crippen LogP contribution < -0.4 is 4.90 Å². The Bertz CT molecular complexity index is 1150. The summed E-state index contributed by atoms with van der Waals surface area (Å²) < 4.78 is 0. The number of benzene rings is 3. The molecule has 2 fully saturated rings. The lowest BCUT2D eigenvalue weighted by Gasteiger charge is -2.41. The minimum absolute atomic E-state index is 0. The summed E-state index contributed by atoms with van der Waals surface area (Å²) in [7, 11) is 0. The quantitative estimate of drug-likeness (QED) is 0.277. The third kappa shape index (κ3) is 7.79. The second-order valence-electron chi connectivity index (χ2n) is 10.5. The van der Waals surface area contributed by atoms with Crippen molar-refractivity contribution >= 4 is 41.6 Å². The summed E-state index contributed by atoms with van der Waals surface area (Å²) in [4.78, 5) is 5.25. The van der Waals surface area contributed by atoms with Crippen molar-refractivity contribution in [2.45, 2.75) is 51.0 Å². The molecule has 1 saturated heterocycles. The van der Waals surface area contributed by atoms with Crippen molar-refractivity contribution in [3.63, 3.8) is 0 Å². The molecule has 3 aromatic carbocycles. The lowest BCUT2D eigenvalue weighted by Crippen LogP contribution is -2.50. The minimum Gasteiger partial charge on any atom is -0.508 e. The summed E-state index contributed by atoms with van der Waals surface area (Å²) >= 11 is 0. The standard InChI is InChI=1S/C33H40N2O2.2ClH/c36-25-7-12-32(26-8-3-1-4-9-26)33(28-15-19-31(37)20-16-28)27-13-17-30(18-14-27)35-23-21-34(22-24-35)29-10-5-2-6-11-29;;/h1,3-4,8-9,13-20,29,36-37H,2,5-7,10-12,21-25H2;2*1H/b33-32+;;. The first-order valence-corrected chi connectivity index (χ1v) is 14.0. The van der Waals surface area contributed by atoms with Gasteiger partial charge in [-0.15, -0.1) is 24.8 Å². The maximum absolute atomic E-state index is 9.93. The Morgan fingerprint density at radius 2 is 1.28 bits per heavy atom. The highest BCUT2D eigenvalue weighted by Gasteiger charge is 2.25. The van der Waals surface area contributed by atoms with Gasteiger partial charge in [-0.1, -0.05) is 73.9 Å². The van der Waals surface area contributed by atoms with Crippen LogP contribution in [0.15, 0.2) is 78.9 Å². The van der Waals surface area contributed by atoms with Gasteiger partial charge in [0.1, 0.15) is 5.75 Å². The van der Waals surface area contributed by atoms with E-state index >= 15 is 0 Å². The van der Waals surface area contributed by atoms with E-state index in [0.717, 1.165) is 55.3 Å². The number of allylic oxidation sites excluding steroid dienone is 1. The molecular formula is C33H42Cl2N2O2. The summed E-state index contributed by atoms with van der Waals surface area (Å²) in [5, 5.41) is 19.6. The van der Waals surface area contributed by atoms with Gasteiger partial charge in [0.05, 0.1) is 0 Å². The van der Waals surface area contributed by atoms with Crippen LogP contribution in [0.4, 0.5) is 5.69 Å². The molecule has 2 aliphatic rings. The number of phenols is 1. The monoisotopic (exact) mass is 568 g/mol. The van der Waals surface area contributed by atoms with Gasteiger partial charge in [-0.25, -0.2) is 0 Å². The number of piperazine rings is 1. The Hall–Kier alpha value is -2.50. The molecule has 0 amide bonds. The first kappa shape index (κ1) is 31.0. The average molecular weight is 570 g/mol. The topological polar surface area (TPSA) is 46.9 Å². The van der Waals surface area contributed by atoms with Gasteiger partial charge in [-0.3, -0.25) is 4.90 Å². The van der Waals surface area contributed by atoms with E-state index in [-0.39, 0.29) is 37.2 Å². The number of hydrogen-bond acceptors (Lipinski definition) is 4. The van der Waals surface area contributed by atoms with E-state index in [1.54, 1.807) is 12.1 Å². The van der Waals surface area contributed by atoms with Crippen LogP contribution in [0.3, 0.4) is 0 Å². The number of rotatable bonds is 8. The molecule has 6 heteroatoms. The van der Waals surface area contributed by atoms with Gasteiger partial charge in [0.25, 0.3) is 0 Å². The van der Waals surface area contributed by atoms with Gasteiger partial charge in [-0.2, -0.15) is 0 Å². The van der Waals surface area contributed by atoms with Crippen LogP contribution in [-0.4, -0.2) is 53.9 Å². The first-order valence-electron chi connectivity index (χ1n) is 14.0.